The van der Waals surface area contributed by atoms with Crippen molar-refractivity contribution in [1.82, 2.24) is 0 Å². The molecule has 2 bridgehead atoms. The van der Waals surface area contributed by atoms with Gasteiger partial charge in [-0.1, -0.05) is 28.8 Å². The molecule has 112 valence electrons. The highest BCUT2D eigenvalue weighted by Gasteiger charge is 2.60. The molecule has 6 unspecified atom stereocenters. The van der Waals surface area contributed by atoms with Gasteiger partial charge in [0.25, 0.3) is 0 Å². The average molecular weight is 353 g/mol. The standard InChI is InChI=1S/C14H20Cl2O2P2/c1-7-5-19(3,17)14-9-6-20(4,18)13(8(2)12(9)16)10(14)11(7)15/h9-10,13-14H,5-6H2,1-4H3. The fraction of sp³-hybridized carbons (Fsp3) is 0.714. The van der Waals surface area contributed by atoms with Crippen molar-refractivity contribution in [3.63, 3.8) is 0 Å². The lowest BCUT2D eigenvalue weighted by atomic mass is 9.80. The topological polar surface area (TPSA) is 34.1 Å². The van der Waals surface area contributed by atoms with E-state index in [-0.39, 0.29) is 23.2 Å². The van der Waals surface area contributed by atoms with Crippen LogP contribution >= 0.6 is 37.5 Å². The minimum atomic E-state index is -2.36. The Balaban J connectivity index is 2.28. The molecule has 4 aliphatic rings. The van der Waals surface area contributed by atoms with Crippen LogP contribution in [0.5, 0.6) is 0 Å². The summed E-state index contributed by atoms with van der Waals surface area (Å²) in [4.78, 5) is 0. The minimum absolute atomic E-state index is 0.0121. The molecule has 0 aromatic heterocycles. The van der Waals surface area contributed by atoms with E-state index in [2.05, 4.69) is 0 Å². The summed E-state index contributed by atoms with van der Waals surface area (Å²) in [7, 11) is -4.69. The van der Waals surface area contributed by atoms with Crippen molar-refractivity contribution < 1.29 is 9.13 Å². The third-order valence-electron chi connectivity index (χ3n) is 5.30. The molecule has 0 amide bonds. The van der Waals surface area contributed by atoms with Gasteiger partial charge in [-0.2, -0.15) is 0 Å². The van der Waals surface area contributed by atoms with Gasteiger partial charge >= 0.3 is 0 Å². The van der Waals surface area contributed by atoms with E-state index in [0.717, 1.165) is 21.2 Å². The van der Waals surface area contributed by atoms with Crippen LogP contribution in [0.3, 0.4) is 0 Å². The Kier molecular flexibility index (Phi) is 3.48. The molecule has 3 heterocycles. The molecule has 6 heteroatoms. The van der Waals surface area contributed by atoms with Crippen molar-refractivity contribution in [2.45, 2.75) is 25.2 Å². The van der Waals surface area contributed by atoms with Crippen molar-refractivity contribution in [2.75, 3.05) is 25.7 Å². The second kappa shape index (κ2) is 4.51. The molecule has 0 saturated carbocycles. The fourth-order valence-corrected chi connectivity index (χ4v) is 12.9. The van der Waals surface area contributed by atoms with Gasteiger partial charge in [-0.05, 0) is 32.8 Å². The van der Waals surface area contributed by atoms with Gasteiger partial charge in [0.2, 0.25) is 0 Å². The normalized spacial score (nSPS) is 51.5. The number of fused-ring (bicyclic) bond motifs is 1. The molecule has 4 rings (SSSR count). The first-order valence-electron chi connectivity index (χ1n) is 6.91. The Bertz CT molecular complexity index is 650. The molecular weight excluding hydrogens is 333 g/mol. The zero-order valence-corrected chi connectivity index (χ0v) is 15.5. The molecule has 1 saturated heterocycles. The molecule has 20 heavy (non-hydrogen) atoms. The van der Waals surface area contributed by atoms with Gasteiger partial charge in [-0.15, -0.1) is 0 Å². The number of hydrogen-bond acceptors (Lipinski definition) is 2. The summed E-state index contributed by atoms with van der Waals surface area (Å²) < 4.78 is 26.2. The van der Waals surface area contributed by atoms with Crippen molar-refractivity contribution in [3.05, 3.63) is 21.2 Å². The van der Waals surface area contributed by atoms with E-state index in [0.29, 0.717) is 12.3 Å². The van der Waals surface area contributed by atoms with E-state index in [1.54, 1.807) is 0 Å². The molecule has 0 N–H and O–H groups in total. The van der Waals surface area contributed by atoms with Crippen molar-refractivity contribution >= 4 is 37.5 Å². The molecule has 0 spiro atoms. The molecule has 6 atom stereocenters. The van der Waals surface area contributed by atoms with Crippen LogP contribution in [0.4, 0.5) is 0 Å². The molecule has 1 fully saturated rings. The van der Waals surface area contributed by atoms with Crippen LogP contribution in [0.15, 0.2) is 21.2 Å². The first-order valence-corrected chi connectivity index (χ1v) is 12.5. The van der Waals surface area contributed by atoms with Crippen LogP contribution in [-0.4, -0.2) is 37.0 Å². The van der Waals surface area contributed by atoms with E-state index >= 15 is 0 Å². The molecule has 2 nitrogen and oxygen atoms in total. The summed E-state index contributed by atoms with van der Waals surface area (Å²) in [6.45, 7) is 7.67. The number of allylic oxidation sites excluding steroid dienone is 4. The second-order valence-corrected chi connectivity index (χ2v) is 14.3. The smallest absolute Gasteiger partial charge is 0.0929 e. The van der Waals surface area contributed by atoms with Gasteiger partial charge in [-0.25, -0.2) is 0 Å². The molecule has 3 aliphatic heterocycles. The monoisotopic (exact) mass is 352 g/mol. The summed E-state index contributed by atoms with van der Waals surface area (Å²) >= 11 is 13.1. The summed E-state index contributed by atoms with van der Waals surface area (Å²) in [5.74, 6) is -0.0708. The maximum atomic E-state index is 13.1. The van der Waals surface area contributed by atoms with Gasteiger partial charge < -0.3 is 9.13 Å². The van der Waals surface area contributed by atoms with Crippen molar-refractivity contribution in [3.8, 4) is 0 Å². The molecule has 0 aromatic rings. The highest BCUT2D eigenvalue weighted by atomic mass is 35.5. The van der Waals surface area contributed by atoms with Crippen LogP contribution < -0.4 is 0 Å². The lowest BCUT2D eigenvalue weighted by Crippen LogP contribution is -2.51. The van der Waals surface area contributed by atoms with Gasteiger partial charge in [0.05, 0.1) is 14.3 Å². The van der Waals surface area contributed by atoms with Gasteiger partial charge in [-0.3, -0.25) is 0 Å². The maximum Gasteiger partial charge on any atom is 0.0929 e. The number of hydrogen-bond donors (Lipinski definition) is 0. The quantitative estimate of drug-likeness (QED) is 0.574. The lowest BCUT2D eigenvalue weighted by Gasteiger charge is -2.55. The fourth-order valence-electron chi connectivity index (χ4n) is 4.68. The highest BCUT2D eigenvalue weighted by Crippen LogP contribution is 2.74. The van der Waals surface area contributed by atoms with E-state index in [1.165, 1.54) is 0 Å². The van der Waals surface area contributed by atoms with Crippen LogP contribution in [0.2, 0.25) is 0 Å². The largest absolute Gasteiger partial charge is 0.323 e. The minimum Gasteiger partial charge on any atom is -0.323 e. The van der Waals surface area contributed by atoms with Crippen molar-refractivity contribution in [1.29, 1.82) is 0 Å². The highest BCUT2D eigenvalue weighted by molar-refractivity contribution is 7.66. The van der Waals surface area contributed by atoms with E-state index in [4.69, 9.17) is 23.2 Å². The Labute approximate surface area is 130 Å². The Hall–Kier alpha value is 0.520. The summed E-state index contributed by atoms with van der Waals surface area (Å²) in [6, 6.07) is 0. The second-order valence-electron chi connectivity index (χ2n) is 6.92. The van der Waals surface area contributed by atoms with Crippen LogP contribution in [-0.2, 0) is 9.13 Å². The molecular formula is C14H20Cl2O2P2. The van der Waals surface area contributed by atoms with Gasteiger partial charge in [0, 0.05) is 45.5 Å². The van der Waals surface area contributed by atoms with E-state index < -0.39 is 14.3 Å². The number of rotatable bonds is 0. The third-order valence-corrected chi connectivity index (χ3v) is 12.5. The lowest BCUT2D eigenvalue weighted by molar-refractivity contribution is 0.406. The van der Waals surface area contributed by atoms with Crippen LogP contribution in [0, 0.1) is 11.8 Å². The summed E-state index contributed by atoms with van der Waals surface area (Å²) in [5, 5.41) is 1.60. The predicted molar refractivity (Wildman–Crippen MR) is 88.5 cm³/mol. The van der Waals surface area contributed by atoms with E-state index in [9.17, 15) is 9.13 Å². The Morgan fingerprint density at radius 3 is 2.25 bits per heavy atom. The van der Waals surface area contributed by atoms with Crippen LogP contribution in [0.25, 0.3) is 0 Å². The first kappa shape index (κ1) is 15.4. The summed E-state index contributed by atoms with van der Waals surface area (Å²) in [5.41, 5.74) is 1.90. The number of halogens is 2. The van der Waals surface area contributed by atoms with Crippen LogP contribution in [0.1, 0.15) is 13.8 Å². The Morgan fingerprint density at radius 1 is 1.05 bits per heavy atom. The third kappa shape index (κ3) is 1.91. The maximum absolute atomic E-state index is 13.1. The molecule has 0 aromatic carbocycles. The summed E-state index contributed by atoms with van der Waals surface area (Å²) in [6.07, 6.45) is 1.17. The van der Waals surface area contributed by atoms with Gasteiger partial charge in [0.15, 0.2) is 0 Å². The van der Waals surface area contributed by atoms with Gasteiger partial charge in [0.1, 0.15) is 0 Å². The molecule has 0 radical (unpaired) electrons. The first-order chi connectivity index (χ1) is 9.08. The molecule has 1 aliphatic carbocycles. The Morgan fingerprint density at radius 2 is 1.65 bits per heavy atom. The zero-order chi connectivity index (χ0) is 15.0. The van der Waals surface area contributed by atoms with Crippen molar-refractivity contribution in [2.24, 2.45) is 11.8 Å². The zero-order valence-electron chi connectivity index (χ0n) is 12.2. The van der Waals surface area contributed by atoms with E-state index in [1.807, 2.05) is 27.2 Å². The average Bonchev–Trinajstić information content (AvgIpc) is 2.29. The SMILES string of the molecule is CC1=C(Cl)C2C3C(C)=C(Cl)C(CP3(C)=O)C2P(C)(=O)C1. The predicted octanol–water partition coefficient (Wildman–Crippen LogP) is 5.01.